The van der Waals surface area contributed by atoms with Gasteiger partial charge in [0.05, 0.1) is 0 Å². The van der Waals surface area contributed by atoms with Crippen molar-refractivity contribution in [3.05, 3.63) is 23.3 Å². The van der Waals surface area contributed by atoms with E-state index in [9.17, 15) is 9.59 Å². The highest BCUT2D eigenvalue weighted by atomic mass is 16.5. The van der Waals surface area contributed by atoms with Crippen LogP contribution in [0, 0.1) is 5.92 Å². The summed E-state index contributed by atoms with van der Waals surface area (Å²) in [6, 6.07) is 0. The van der Waals surface area contributed by atoms with Crippen molar-refractivity contribution in [1.82, 2.24) is 0 Å². The Bertz CT molecular complexity index is 398. The van der Waals surface area contributed by atoms with Gasteiger partial charge in [0.2, 0.25) is 0 Å². The van der Waals surface area contributed by atoms with Gasteiger partial charge in [-0.25, -0.2) is 4.79 Å². The van der Waals surface area contributed by atoms with Crippen LogP contribution in [0.3, 0.4) is 0 Å². The molecule has 1 atom stereocenters. The molecule has 18 heavy (non-hydrogen) atoms. The van der Waals surface area contributed by atoms with Crippen LogP contribution in [0.15, 0.2) is 23.3 Å². The molecule has 1 aliphatic rings. The van der Waals surface area contributed by atoms with Gasteiger partial charge in [0, 0.05) is 18.1 Å². The minimum absolute atomic E-state index is 0.0612. The molecule has 0 aliphatic heterocycles. The zero-order valence-electron chi connectivity index (χ0n) is 10.6. The maximum atomic E-state index is 11.8. The molecular weight excluding hydrogens is 234 g/mol. The number of Topliss-reactive ketones (excluding diaryl/α,β-unsaturated/α-hetero) is 1. The number of hydrogen-bond acceptors (Lipinski definition) is 4. The fourth-order valence-corrected chi connectivity index (χ4v) is 2.17. The minimum atomic E-state index is -0.852. The second-order valence-electron chi connectivity index (χ2n) is 4.37. The van der Waals surface area contributed by atoms with E-state index in [1.165, 1.54) is 0 Å². The summed E-state index contributed by atoms with van der Waals surface area (Å²) < 4.78 is 4.77. The Hall–Kier alpha value is -1.62. The standard InChI is InChI=1S/C13H19NO4/c1-8-10(5-3-4-6-15)11(7-18-13(14)17)9(2)12(8)16/h11,15H,2-7H2,1H3,(H2,14,17). The highest BCUT2D eigenvalue weighted by molar-refractivity contribution is 6.11. The van der Waals surface area contributed by atoms with Crippen LogP contribution < -0.4 is 5.73 Å². The second kappa shape index (κ2) is 6.35. The summed E-state index contributed by atoms with van der Waals surface area (Å²) >= 11 is 0. The molecule has 0 saturated carbocycles. The van der Waals surface area contributed by atoms with Crippen LogP contribution in [0.4, 0.5) is 4.79 Å². The van der Waals surface area contributed by atoms with Crippen molar-refractivity contribution in [1.29, 1.82) is 0 Å². The number of nitrogens with two attached hydrogens (primary N) is 1. The first-order chi connectivity index (χ1) is 8.49. The number of unbranched alkanes of at least 4 members (excludes halogenated alkanes) is 1. The average molecular weight is 253 g/mol. The number of aliphatic hydroxyl groups excluding tert-OH is 1. The maximum absolute atomic E-state index is 11.8. The van der Waals surface area contributed by atoms with Crippen LogP contribution in [0.5, 0.6) is 0 Å². The van der Waals surface area contributed by atoms with Crippen molar-refractivity contribution in [3.8, 4) is 0 Å². The number of carbonyl (C=O) groups is 2. The molecule has 5 nitrogen and oxygen atoms in total. The Kier molecular flexibility index (Phi) is 5.09. The number of amides is 1. The third-order valence-corrected chi connectivity index (χ3v) is 3.20. The van der Waals surface area contributed by atoms with Crippen molar-refractivity contribution >= 4 is 11.9 Å². The molecule has 0 heterocycles. The molecule has 1 amide bonds. The maximum Gasteiger partial charge on any atom is 0.404 e. The molecule has 1 unspecified atom stereocenters. The summed E-state index contributed by atoms with van der Waals surface area (Å²) in [6.45, 7) is 5.70. The summed E-state index contributed by atoms with van der Waals surface area (Å²) in [6.07, 6.45) is 1.32. The van der Waals surface area contributed by atoms with Crippen LogP contribution in [-0.2, 0) is 9.53 Å². The topological polar surface area (TPSA) is 89.6 Å². The largest absolute Gasteiger partial charge is 0.449 e. The van der Waals surface area contributed by atoms with Gasteiger partial charge in [0.25, 0.3) is 0 Å². The minimum Gasteiger partial charge on any atom is -0.449 e. The van der Waals surface area contributed by atoms with Gasteiger partial charge in [-0.1, -0.05) is 12.2 Å². The van der Waals surface area contributed by atoms with Gasteiger partial charge < -0.3 is 15.6 Å². The molecule has 0 bridgehead atoms. The van der Waals surface area contributed by atoms with Crippen molar-refractivity contribution in [2.24, 2.45) is 11.7 Å². The third kappa shape index (κ3) is 3.20. The van der Waals surface area contributed by atoms with Crippen molar-refractivity contribution in [2.45, 2.75) is 26.2 Å². The number of ketones is 1. The smallest absolute Gasteiger partial charge is 0.404 e. The molecular formula is C13H19NO4. The summed E-state index contributed by atoms with van der Waals surface area (Å²) in [5.41, 5.74) is 7.00. The van der Waals surface area contributed by atoms with Crippen LogP contribution in [-0.4, -0.2) is 30.2 Å². The highest BCUT2D eigenvalue weighted by Gasteiger charge is 2.33. The molecule has 5 heteroatoms. The number of ether oxygens (including phenoxy) is 1. The van der Waals surface area contributed by atoms with Crippen LogP contribution in [0.2, 0.25) is 0 Å². The predicted molar refractivity (Wildman–Crippen MR) is 66.8 cm³/mol. The number of allylic oxidation sites excluding steroid dienone is 1. The molecule has 1 aliphatic carbocycles. The van der Waals surface area contributed by atoms with Gasteiger partial charge in [-0.2, -0.15) is 0 Å². The van der Waals surface area contributed by atoms with Gasteiger partial charge in [0.1, 0.15) is 6.61 Å². The van der Waals surface area contributed by atoms with Crippen molar-refractivity contribution in [3.63, 3.8) is 0 Å². The molecule has 0 spiro atoms. The molecule has 100 valence electrons. The predicted octanol–water partition coefficient (Wildman–Crippen LogP) is 1.32. The van der Waals surface area contributed by atoms with Gasteiger partial charge in [-0.05, 0) is 31.8 Å². The van der Waals surface area contributed by atoms with Gasteiger partial charge >= 0.3 is 6.09 Å². The van der Waals surface area contributed by atoms with E-state index in [-0.39, 0.29) is 24.9 Å². The first-order valence-corrected chi connectivity index (χ1v) is 5.95. The molecule has 0 aromatic rings. The Balaban J connectivity index is 2.75. The van der Waals surface area contributed by atoms with E-state index in [0.717, 1.165) is 12.0 Å². The zero-order valence-corrected chi connectivity index (χ0v) is 10.6. The summed E-state index contributed by atoms with van der Waals surface area (Å²) in [7, 11) is 0. The van der Waals surface area contributed by atoms with Gasteiger partial charge in [-0.15, -0.1) is 0 Å². The molecule has 0 radical (unpaired) electrons. The Morgan fingerprint density at radius 2 is 2.17 bits per heavy atom. The number of primary amides is 1. The molecule has 3 N–H and O–H groups in total. The molecule has 0 aromatic heterocycles. The Labute approximate surface area is 106 Å². The number of hydrogen-bond donors (Lipinski definition) is 2. The van der Waals surface area contributed by atoms with E-state index >= 15 is 0 Å². The third-order valence-electron chi connectivity index (χ3n) is 3.20. The van der Waals surface area contributed by atoms with E-state index in [1.54, 1.807) is 6.92 Å². The van der Waals surface area contributed by atoms with Crippen molar-refractivity contribution < 1.29 is 19.4 Å². The summed E-state index contributed by atoms with van der Waals surface area (Å²) in [5.74, 6) is -0.337. The van der Waals surface area contributed by atoms with Crippen LogP contribution >= 0.6 is 0 Å². The lowest BCUT2D eigenvalue weighted by atomic mass is 9.94. The number of rotatable bonds is 6. The number of aliphatic hydroxyl groups is 1. The first kappa shape index (κ1) is 14.4. The van der Waals surface area contributed by atoms with Gasteiger partial charge in [0.15, 0.2) is 5.78 Å². The highest BCUT2D eigenvalue weighted by Crippen LogP contribution is 2.36. The fourth-order valence-electron chi connectivity index (χ4n) is 2.17. The number of carbonyl (C=O) groups excluding carboxylic acids is 2. The average Bonchev–Trinajstić information content (AvgIpc) is 2.52. The quantitative estimate of drug-likeness (QED) is 0.551. The molecule has 0 fully saturated rings. The lowest BCUT2D eigenvalue weighted by Gasteiger charge is -2.15. The molecule has 0 saturated heterocycles. The SMILES string of the molecule is C=C1C(=O)C(C)=C(CCCCO)C1COC(N)=O. The second-order valence-corrected chi connectivity index (χ2v) is 4.37. The van der Waals surface area contributed by atoms with Crippen LogP contribution in [0.1, 0.15) is 26.2 Å². The van der Waals surface area contributed by atoms with E-state index in [1.807, 2.05) is 0 Å². The van der Waals surface area contributed by atoms with Gasteiger partial charge in [-0.3, -0.25) is 4.79 Å². The first-order valence-electron chi connectivity index (χ1n) is 5.95. The van der Waals surface area contributed by atoms with E-state index in [2.05, 4.69) is 6.58 Å². The Morgan fingerprint density at radius 3 is 2.72 bits per heavy atom. The van der Waals surface area contributed by atoms with Crippen molar-refractivity contribution in [2.75, 3.05) is 13.2 Å². The zero-order chi connectivity index (χ0) is 13.7. The molecule has 0 aromatic carbocycles. The van der Waals surface area contributed by atoms with E-state index in [0.29, 0.717) is 24.0 Å². The van der Waals surface area contributed by atoms with E-state index in [4.69, 9.17) is 15.6 Å². The van der Waals surface area contributed by atoms with E-state index < -0.39 is 6.09 Å². The summed E-state index contributed by atoms with van der Waals surface area (Å²) in [5, 5.41) is 8.77. The normalized spacial score (nSPS) is 19.6. The summed E-state index contributed by atoms with van der Waals surface area (Å²) in [4.78, 5) is 22.5. The fraction of sp³-hybridized carbons (Fsp3) is 0.538. The lowest BCUT2D eigenvalue weighted by Crippen LogP contribution is -2.20. The lowest BCUT2D eigenvalue weighted by molar-refractivity contribution is -0.112. The monoisotopic (exact) mass is 253 g/mol. The van der Waals surface area contributed by atoms with Crippen LogP contribution in [0.25, 0.3) is 0 Å². The molecule has 1 rings (SSSR count). The Morgan fingerprint density at radius 1 is 1.50 bits per heavy atom.